The van der Waals surface area contributed by atoms with Crippen LogP contribution in [0.15, 0.2) is 11.2 Å². The van der Waals surface area contributed by atoms with E-state index in [4.69, 9.17) is 5.73 Å². The van der Waals surface area contributed by atoms with Crippen molar-refractivity contribution < 1.29 is 10.2 Å². The maximum Gasteiger partial charge on any atom is 0.141 e. The second-order valence-electron chi connectivity index (χ2n) is 5.09. The molecule has 3 rings (SSSR count). The topological polar surface area (TPSA) is 119 Å². The molecule has 0 bridgehead atoms. The highest BCUT2D eigenvalue weighted by Gasteiger charge is 2.43. The largest absolute Gasteiger partial charge is 0.389 e. The van der Waals surface area contributed by atoms with E-state index in [0.29, 0.717) is 0 Å². The van der Waals surface area contributed by atoms with Crippen LogP contribution in [0.25, 0.3) is 0 Å². The number of nitrogens with two attached hydrogens (primary N) is 1. The molecule has 110 valence electrons. The Balaban J connectivity index is 1.88. The summed E-state index contributed by atoms with van der Waals surface area (Å²) in [5.41, 5.74) is 8.39. The number of fused-ring (bicyclic) bond motifs is 1. The molecule has 0 saturated carbocycles. The van der Waals surface area contributed by atoms with Gasteiger partial charge < -0.3 is 31.6 Å². The molecule has 1 saturated heterocycles. The molecule has 8 heteroatoms. The average Bonchev–Trinajstić information content (AvgIpc) is 2.97. The van der Waals surface area contributed by atoms with Gasteiger partial charge in [0.1, 0.15) is 12.3 Å². The number of aromatic amines is 1. The Bertz CT molecular complexity index is 520. The van der Waals surface area contributed by atoms with Crippen molar-refractivity contribution in [2.75, 3.05) is 17.3 Å². The maximum atomic E-state index is 10.3. The van der Waals surface area contributed by atoms with Crippen molar-refractivity contribution in [1.29, 1.82) is 0 Å². The lowest BCUT2D eigenvalue weighted by atomic mass is 10.0. The monoisotopic (exact) mass is 297 g/mol. The number of aliphatic hydroxyl groups excluding tert-OH is 2. The van der Waals surface area contributed by atoms with Gasteiger partial charge in [-0.25, -0.2) is 0 Å². The van der Waals surface area contributed by atoms with Gasteiger partial charge in [0, 0.05) is 23.6 Å². The zero-order valence-corrected chi connectivity index (χ0v) is 11.9. The average molecular weight is 297 g/mol. The fourth-order valence-electron chi connectivity index (χ4n) is 2.81. The fourth-order valence-corrected chi connectivity index (χ4v) is 3.47. The molecule has 1 aromatic heterocycles. The minimum Gasteiger partial charge on any atom is -0.389 e. The van der Waals surface area contributed by atoms with Crippen molar-refractivity contribution in [3.63, 3.8) is 0 Å². The van der Waals surface area contributed by atoms with Crippen LogP contribution >= 0.6 is 11.8 Å². The van der Waals surface area contributed by atoms with E-state index in [1.54, 1.807) is 24.3 Å². The highest BCUT2D eigenvalue weighted by Crippen LogP contribution is 2.37. The standard InChI is InChI=1S/C12H19N5O2S/c1-20-3-6-10(18)11(19)8(17-6)5-2-14-9-7(5)15-4-16-12(9)13/h2,4,6,8,10-12,14,17-19H,3,13H2,1H3,(H,15,16)/t6-,8+,10-,11+,12+/m1/s1. The number of aromatic nitrogens is 1. The van der Waals surface area contributed by atoms with E-state index in [2.05, 4.69) is 20.6 Å². The molecule has 0 unspecified atom stereocenters. The first-order chi connectivity index (χ1) is 9.63. The molecular weight excluding hydrogens is 278 g/mol. The third-order valence-electron chi connectivity index (χ3n) is 3.86. The van der Waals surface area contributed by atoms with Crippen LogP contribution in [0.4, 0.5) is 5.69 Å². The number of thioether (sulfide) groups is 1. The number of H-pyrrole nitrogens is 1. The highest BCUT2D eigenvalue weighted by molar-refractivity contribution is 7.98. The normalized spacial score (nSPS) is 35.9. The predicted octanol–water partition coefficient (Wildman–Crippen LogP) is -0.476. The summed E-state index contributed by atoms with van der Waals surface area (Å²) >= 11 is 1.63. The van der Waals surface area contributed by atoms with Gasteiger partial charge in [0.25, 0.3) is 0 Å². The molecule has 0 radical (unpaired) electrons. The van der Waals surface area contributed by atoms with Gasteiger partial charge in [-0.05, 0) is 6.26 Å². The second kappa shape index (κ2) is 5.38. The van der Waals surface area contributed by atoms with Crippen molar-refractivity contribution in [2.45, 2.75) is 30.5 Å². The molecule has 0 amide bonds. The summed E-state index contributed by atoms with van der Waals surface area (Å²) in [6, 6.07) is -0.449. The van der Waals surface area contributed by atoms with Crippen molar-refractivity contribution in [3.8, 4) is 0 Å². The molecule has 20 heavy (non-hydrogen) atoms. The van der Waals surface area contributed by atoms with Gasteiger partial charge in [-0.3, -0.25) is 4.99 Å². The number of rotatable bonds is 3. The Morgan fingerprint density at radius 2 is 2.20 bits per heavy atom. The Morgan fingerprint density at radius 1 is 1.40 bits per heavy atom. The first kappa shape index (κ1) is 13.9. The van der Waals surface area contributed by atoms with Crippen LogP contribution in [-0.4, -0.2) is 51.8 Å². The zero-order chi connectivity index (χ0) is 14.3. The first-order valence-electron chi connectivity index (χ1n) is 6.49. The molecule has 0 aliphatic carbocycles. The van der Waals surface area contributed by atoms with E-state index in [-0.39, 0.29) is 12.1 Å². The number of nitrogens with one attached hydrogen (secondary N) is 3. The van der Waals surface area contributed by atoms with Crippen LogP contribution in [0, 0.1) is 0 Å². The van der Waals surface area contributed by atoms with Crippen LogP contribution in [-0.2, 0) is 0 Å². The maximum absolute atomic E-state index is 10.3. The van der Waals surface area contributed by atoms with E-state index in [0.717, 1.165) is 22.7 Å². The van der Waals surface area contributed by atoms with Crippen LogP contribution in [0.2, 0.25) is 0 Å². The predicted molar refractivity (Wildman–Crippen MR) is 79.9 cm³/mol. The van der Waals surface area contributed by atoms with E-state index in [9.17, 15) is 10.2 Å². The van der Waals surface area contributed by atoms with Gasteiger partial charge in [-0.15, -0.1) is 0 Å². The van der Waals surface area contributed by atoms with E-state index < -0.39 is 18.4 Å². The zero-order valence-electron chi connectivity index (χ0n) is 11.1. The molecule has 1 fully saturated rings. The molecule has 1 aromatic rings. The van der Waals surface area contributed by atoms with Gasteiger partial charge in [-0.2, -0.15) is 11.8 Å². The van der Waals surface area contributed by atoms with Gasteiger partial charge in [0.2, 0.25) is 0 Å². The molecule has 2 aliphatic heterocycles. The summed E-state index contributed by atoms with van der Waals surface area (Å²) in [5.74, 6) is 0.746. The summed E-state index contributed by atoms with van der Waals surface area (Å²) in [4.78, 5) is 7.16. The van der Waals surface area contributed by atoms with E-state index in [1.165, 1.54) is 0 Å². The van der Waals surface area contributed by atoms with E-state index >= 15 is 0 Å². The minimum atomic E-state index is -0.844. The molecule has 3 heterocycles. The summed E-state index contributed by atoms with van der Waals surface area (Å²) < 4.78 is 0. The quantitative estimate of drug-likeness (QED) is 0.449. The number of aliphatic hydroxyl groups is 2. The second-order valence-corrected chi connectivity index (χ2v) is 6.00. The van der Waals surface area contributed by atoms with Crippen molar-refractivity contribution in [3.05, 3.63) is 17.5 Å². The number of aliphatic imine (C=N–C) groups is 1. The number of hydrogen-bond acceptors (Lipinski definition) is 7. The summed E-state index contributed by atoms with van der Waals surface area (Å²) in [7, 11) is 0. The van der Waals surface area contributed by atoms with Crippen molar-refractivity contribution in [1.82, 2.24) is 10.3 Å². The minimum absolute atomic E-state index is 0.124. The molecule has 7 nitrogen and oxygen atoms in total. The van der Waals surface area contributed by atoms with Gasteiger partial charge >= 0.3 is 0 Å². The van der Waals surface area contributed by atoms with Crippen molar-refractivity contribution >= 4 is 23.8 Å². The fraction of sp³-hybridized carbons (Fsp3) is 0.583. The van der Waals surface area contributed by atoms with Crippen LogP contribution in [0.1, 0.15) is 23.5 Å². The summed E-state index contributed by atoms with van der Waals surface area (Å²) in [6.07, 6.45) is 3.30. The van der Waals surface area contributed by atoms with Crippen LogP contribution < -0.4 is 16.4 Å². The lowest BCUT2D eigenvalue weighted by molar-refractivity contribution is 0.0307. The molecule has 0 aromatic carbocycles. The summed E-state index contributed by atoms with van der Waals surface area (Å²) in [6.45, 7) is 0. The number of nitrogens with zero attached hydrogens (tertiary/aromatic N) is 1. The van der Waals surface area contributed by atoms with Crippen molar-refractivity contribution in [2.24, 2.45) is 10.7 Å². The summed E-state index contributed by atoms with van der Waals surface area (Å²) in [5, 5.41) is 26.7. The van der Waals surface area contributed by atoms with Gasteiger partial charge in [-0.1, -0.05) is 0 Å². The van der Waals surface area contributed by atoms with Gasteiger partial charge in [0.15, 0.2) is 0 Å². The molecule has 2 aliphatic rings. The third kappa shape index (κ3) is 2.13. The Morgan fingerprint density at radius 3 is 2.95 bits per heavy atom. The molecule has 5 atom stereocenters. The Labute approximate surface area is 121 Å². The molecule has 0 spiro atoms. The Kier molecular flexibility index (Phi) is 3.74. The van der Waals surface area contributed by atoms with Crippen LogP contribution in [0.5, 0.6) is 0 Å². The Hall–Kier alpha value is -1.06. The smallest absolute Gasteiger partial charge is 0.141 e. The highest BCUT2D eigenvalue weighted by atomic mass is 32.2. The van der Waals surface area contributed by atoms with Crippen LogP contribution in [0.3, 0.4) is 0 Å². The third-order valence-corrected chi connectivity index (χ3v) is 4.55. The SMILES string of the molecule is CSC[C@H]1N[C@@H](c2c[nH]c3c2NC=N[C@@H]3N)[C@H](O)[C@@H]1O. The lowest BCUT2D eigenvalue weighted by Gasteiger charge is -2.19. The number of hydrogen-bond donors (Lipinski definition) is 6. The van der Waals surface area contributed by atoms with E-state index in [1.807, 2.05) is 6.26 Å². The first-order valence-corrected chi connectivity index (χ1v) is 7.89. The molecule has 7 N–H and O–H groups in total. The van der Waals surface area contributed by atoms with Gasteiger partial charge in [0.05, 0.1) is 29.9 Å². The molecular formula is C12H19N5O2S. The lowest BCUT2D eigenvalue weighted by Crippen LogP contribution is -2.34. The number of anilines is 1.